The molecule has 5 heteroatoms. The highest BCUT2D eigenvalue weighted by Crippen LogP contribution is 2.37. The molecule has 0 amide bonds. The van der Waals surface area contributed by atoms with E-state index in [9.17, 15) is 0 Å². The van der Waals surface area contributed by atoms with Gasteiger partial charge in [-0.05, 0) is 43.2 Å². The molecule has 0 N–H and O–H groups in total. The molecule has 27 heavy (non-hydrogen) atoms. The summed E-state index contributed by atoms with van der Waals surface area (Å²) < 4.78 is 2.15. The molecule has 0 radical (unpaired) electrons. The number of aromatic nitrogens is 4. The van der Waals surface area contributed by atoms with E-state index in [-0.39, 0.29) is 5.25 Å². The van der Waals surface area contributed by atoms with Gasteiger partial charge in [-0.1, -0.05) is 60.3 Å². The van der Waals surface area contributed by atoms with E-state index in [0.717, 1.165) is 22.2 Å². The van der Waals surface area contributed by atoms with Gasteiger partial charge in [-0.2, -0.15) is 0 Å². The van der Waals surface area contributed by atoms with E-state index in [1.54, 1.807) is 24.2 Å². The second kappa shape index (κ2) is 7.76. The number of hydrogen-bond acceptors (Lipinski definition) is 4. The molecule has 0 unspecified atom stereocenters. The Morgan fingerprint density at radius 2 is 1.56 bits per heavy atom. The minimum absolute atomic E-state index is 0.267. The molecule has 1 atom stereocenters. The molecule has 4 nitrogen and oxygen atoms in total. The number of rotatable bonds is 5. The smallest absolute Gasteiger partial charge is 0.196 e. The number of nitrogens with zero attached hydrogens (tertiary/aromatic N) is 4. The summed E-state index contributed by atoms with van der Waals surface area (Å²) >= 11 is 1.72. The first-order valence-corrected chi connectivity index (χ1v) is 9.75. The normalized spacial score (nSPS) is 12.1. The van der Waals surface area contributed by atoms with Gasteiger partial charge in [0.2, 0.25) is 0 Å². The minimum Gasteiger partial charge on any atom is -0.270 e. The van der Waals surface area contributed by atoms with Crippen LogP contribution in [0.1, 0.15) is 23.3 Å². The number of thioether (sulfide) groups is 1. The third-order valence-corrected chi connectivity index (χ3v) is 5.58. The average Bonchev–Trinajstić information content (AvgIpc) is 3.13. The van der Waals surface area contributed by atoms with Crippen molar-refractivity contribution in [1.29, 1.82) is 0 Å². The maximum atomic E-state index is 4.53. The van der Waals surface area contributed by atoms with Gasteiger partial charge in [0.1, 0.15) is 0 Å². The van der Waals surface area contributed by atoms with E-state index in [2.05, 4.69) is 76.1 Å². The fourth-order valence-electron chi connectivity index (χ4n) is 3.02. The Kier molecular flexibility index (Phi) is 5.03. The Bertz CT molecular complexity index is 1030. The van der Waals surface area contributed by atoms with Crippen LogP contribution in [0.5, 0.6) is 0 Å². The number of hydrogen-bond donors (Lipinski definition) is 0. The molecular formula is C22H20N4S. The van der Waals surface area contributed by atoms with E-state index >= 15 is 0 Å². The maximum Gasteiger partial charge on any atom is 0.196 e. The van der Waals surface area contributed by atoms with Gasteiger partial charge in [-0.3, -0.25) is 9.55 Å². The Hall–Kier alpha value is -2.92. The number of pyridine rings is 1. The van der Waals surface area contributed by atoms with E-state index in [0.29, 0.717) is 0 Å². The van der Waals surface area contributed by atoms with Crippen molar-refractivity contribution in [3.8, 4) is 17.1 Å². The summed E-state index contributed by atoms with van der Waals surface area (Å²) in [4.78, 5) is 4.12. The number of para-hydroxylation sites is 1. The molecule has 0 aliphatic carbocycles. The van der Waals surface area contributed by atoms with Crippen molar-refractivity contribution < 1.29 is 0 Å². The summed E-state index contributed by atoms with van der Waals surface area (Å²) in [6.45, 7) is 4.31. The van der Waals surface area contributed by atoms with Crippen LogP contribution in [0.15, 0.2) is 84.3 Å². The van der Waals surface area contributed by atoms with Crippen molar-refractivity contribution in [3.05, 3.63) is 90.3 Å². The van der Waals surface area contributed by atoms with Gasteiger partial charge in [-0.25, -0.2) is 0 Å². The Balaban J connectivity index is 1.81. The summed E-state index contributed by atoms with van der Waals surface area (Å²) in [7, 11) is 0. The van der Waals surface area contributed by atoms with Gasteiger partial charge in [0.15, 0.2) is 11.0 Å². The molecule has 2 heterocycles. The first-order valence-electron chi connectivity index (χ1n) is 8.87. The van der Waals surface area contributed by atoms with E-state index in [1.807, 2.05) is 24.3 Å². The van der Waals surface area contributed by atoms with Crippen molar-refractivity contribution in [3.63, 3.8) is 0 Å². The summed E-state index contributed by atoms with van der Waals surface area (Å²) in [6.07, 6.45) is 3.57. The zero-order chi connectivity index (χ0) is 18.6. The SMILES string of the molecule is Cc1ccccc1-n1c(S[C@H](C)c2ccccc2)nnc1-c1ccncc1. The molecular weight excluding hydrogens is 352 g/mol. The number of benzene rings is 2. The molecule has 0 aliphatic heterocycles. The fourth-order valence-corrected chi connectivity index (χ4v) is 4.00. The molecule has 0 bridgehead atoms. The van der Waals surface area contributed by atoms with Crippen LogP contribution in [-0.4, -0.2) is 19.7 Å². The van der Waals surface area contributed by atoms with Gasteiger partial charge in [0.25, 0.3) is 0 Å². The summed E-state index contributed by atoms with van der Waals surface area (Å²) in [5.41, 5.74) is 4.55. The van der Waals surface area contributed by atoms with Crippen molar-refractivity contribution in [2.45, 2.75) is 24.3 Å². The molecule has 0 spiro atoms. The molecule has 4 rings (SSSR count). The summed E-state index contributed by atoms with van der Waals surface area (Å²) in [5.74, 6) is 0.828. The fraction of sp³-hybridized carbons (Fsp3) is 0.136. The van der Waals surface area contributed by atoms with Crippen LogP contribution in [0.2, 0.25) is 0 Å². The predicted molar refractivity (Wildman–Crippen MR) is 110 cm³/mol. The van der Waals surface area contributed by atoms with Crippen molar-refractivity contribution >= 4 is 11.8 Å². The summed E-state index contributed by atoms with van der Waals surface area (Å²) in [5, 5.41) is 10.2. The lowest BCUT2D eigenvalue weighted by atomic mass is 10.2. The van der Waals surface area contributed by atoms with Crippen LogP contribution < -0.4 is 0 Å². The number of aryl methyl sites for hydroxylation is 1. The van der Waals surface area contributed by atoms with Gasteiger partial charge < -0.3 is 0 Å². The highest BCUT2D eigenvalue weighted by Gasteiger charge is 2.19. The van der Waals surface area contributed by atoms with Crippen molar-refractivity contribution in [2.75, 3.05) is 0 Å². The van der Waals surface area contributed by atoms with Crippen LogP contribution in [-0.2, 0) is 0 Å². The Morgan fingerprint density at radius 1 is 0.852 bits per heavy atom. The predicted octanol–water partition coefficient (Wildman–Crippen LogP) is 5.49. The highest BCUT2D eigenvalue weighted by atomic mass is 32.2. The zero-order valence-electron chi connectivity index (χ0n) is 15.3. The largest absolute Gasteiger partial charge is 0.270 e. The Morgan fingerprint density at radius 3 is 2.30 bits per heavy atom. The zero-order valence-corrected chi connectivity index (χ0v) is 16.1. The molecule has 0 aliphatic rings. The molecule has 0 fully saturated rings. The van der Waals surface area contributed by atoms with Crippen molar-refractivity contribution in [2.24, 2.45) is 0 Å². The lowest BCUT2D eigenvalue weighted by Crippen LogP contribution is -2.02. The molecule has 134 valence electrons. The van der Waals surface area contributed by atoms with Crippen LogP contribution in [0.25, 0.3) is 17.1 Å². The second-order valence-electron chi connectivity index (χ2n) is 6.33. The Labute approximate surface area is 163 Å². The van der Waals surface area contributed by atoms with Crippen LogP contribution in [0.4, 0.5) is 0 Å². The quantitative estimate of drug-likeness (QED) is 0.434. The topological polar surface area (TPSA) is 43.6 Å². The lowest BCUT2D eigenvalue weighted by molar-refractivity contribution is 0.873. The molecule has 4 aromatic rings. The lowest BCUT2D eigenvalue weighted by Gasteiger charge is -2.15. The first kappa shape index (κ1) is 17.5. The molecule has 0 saturated carbocycles. The summed E-state index contributed by atoms with van der Waals surface area (Å²) in [6, 6.07) is 22.7. The van der Waals surface area contributed by atoms with Crippen LogP contribution in [0.3, 0.4) is 0 Å². The first-order chi connectivity index (χ1) is 13.2. The minimum atomic E-state index is 0.267. The molecule has 2 aromatic heterocycles. The van der Waals surface area contributed by atoms with E-state index in [4.69, 9.17) is 0 Å². The highest BCUT2D eigenvalue weighted by molar-refractivity contribution is 7.99. The van der Waals surface area contributed by atoms with Crippen LogP contribution >= 0.6 is 11.8 Å². The van der Waals surface area contributed by atoms with E-state index < -0.39 is 0 Å². The molecule has 0 saturated heterocycles. The van der Waals surface area contributed by atoms with Gasteiger partial charge in [-0.15, -0.1) is 10.2 Å². The second-order valence-corrected chi connectivity index (χ2v) is 7.64. The van der Waals surface area contributed by atoms with Gasteiger partial charge in [0.05, 0.1) is 5.69 Å². The monoisotopic (exact) mass is 372 g/mol. The van der Waals surface area contributed by atoms with Crippen molar-refractivity contribution in [1.82, 2.24) is 19.7 Å². The third-order valence-electron chi connectivity index (χ3n) is 4.48. The van der Waals surface area contributed by atoms with Crippen LogP contribution in [0, 0.1) is 6.92 Å². The molecule has 2 aromatic carbocycles. The maximum absolute atomic E-state index is 4.53. The van der Waals surface area contributed by atoms with Gasteiger partial charge in [0, 0.05) is 23.2 Å². The van der Waals surface area contributed by atoms with Gasteiger partial charge >= 0.3 is 0 Å². The standard InChI is InChI=1S/C22H20N4S/c1-16-8-6-7-11-20(16)26-21(19-12-14-23-15-13-19)24-25-22(26)27-17(2)18-9-4-3-5-10-18/h3-15,17H,1-2H3/t17-/m1/s1. The van der Waals surface area contributed by atoms with E-state index in [1.165, 1.54) is 11.1 Å². The average molecular weight is 372 g/mol. The third kappa shape index (κ3) is 3.64.